The summed E-state index contributed by atoms with van der Waals surface area (Å²) in [5.41, 5.74) is 2.18. The highest BCUT2D eigenvalue weighted by Crippen LogP contribution is 2.40. The van der Waals surface area contributed by atoms with Crippen molar-refractivity contribution in [3.05, 3.63) is 71.7 Å². The van der Waals surface area contributed by atoms with Crippen LogP contribution in [0.4, 0.5) is 5.82 Å². The Morgan fingerprint density at radius 2 is 1.76 bits per heavy atom. The Morgan fingerprint density at radius 3 is 2.38 bits per heavy atom. The van der Waals surface area contributed by atoms with Gasteiger partial charge < -0.3 is 28.4 Å². The third kappa shape index (κ3) is 5.46. The first kappa shape index (κ1) is 26.2. The number of thioether (sulfide) groups is 1. The average molecular weight is 522 g/mol. The van der Waals surface area contributed by atoms with Crippen LogP contribution in [0, 0.1) is 0 Å². The largest absolute Gasteiger partial charge is 0.493 e. The molecule has 0 fully saturated rings. The smallest absolute Gasteiger partial charge is 0.258 e. The lowest BCUT2D eigenvalue weighted by Gasteiger charge is -2.26. The molecule has 0 N–H and O–H groups in total. The number of hydrogen-bond acceptors (Lipinski definition) is 8. The monoisotopic (exact) mass is 521 g/mol. The number of anilines is 1. The predicted molar refractivity (Wildman–Crippen MR) is 146 cm³/mol. The molecule has 0 saturated carbocycles. The highest BCUT2D eigenvalue weighted by Gasteiger charge is 2.26. The Balaban J connectivity index is 1.80. The quantitative estimate of drug-likeness (QED) is 0.254. The number of amides is 1. The lowest BCUT2D eigenvalue weighted by atomic mass is 10.1. The summed E-state index contributed by atoms with van der Waals surface area (Å²) in [5, 5.41) is 1.01. The van der Waals surface area contributed by atoms with Crippen LogP contribution in [0.3, 0.4) is 0 Å². The summed E-state index contributed by atoms with van der Waals surface area (Å²) in [6, 6.07) is 15.4. The van der Waals surface area contributed by atoms with E-state index >= 15 is 0 Å². The Labute approximate surface area is 221 Å². The average Bonchev–Trinajstić information content (AvgIpc) is 3.43. The Morgan fingerprint density at radius 1 is 0.973 bits per heavy atom. The lowest BCUT2D eigenvalue weighted by Crippen LogP contribution is -2.31. The second kappa shape index (κ2) is 11.5. The molecule has 0 aliphatic carbocycles. The van der Waals surface area contributed by atoms with Crippen molar-refractivity contribution in [1.82, 2.24) is 9.88 Å². The van der Waals surface area contributed by atoms with Gasteiger partial charge in [-0.05, 0) is 48.7 Å². The third-order valence-electron chi connectivity index (χ3n) is 6.01. The summed E-state index contributed by atoms with van der Waals surface area (Å²) in [4.78, 5) is 23.8. The number of ether oxygens (including phenoxy) is 3. The molecule has 0 aliphatic heterocycles. The van der Waals surface area contributed by atoms with Crippen LogP contribution in [0.25, 0.3) is 10.9 Å². The van der Waals surface area contributed by atoms with Gasteiger partial charge >= 0.3 is 0 Å². The van der Waals surface area contributed by atoms with Crippen molar-refractivity contribution in [3.8, 4) is 17.2 Å². The predicted octanol–water partition coefficient (Wildman–Crippen LogP) is 5.48. The van der Waals surface area contributed by atoms with Gasteiger partial charge in [0.2, 0.25) is 5.75 Å². The Hall–Kier alpha value is -3.85. The Bertz CT molecular complexity index is 1390. The van der Waals surface area contributed by atoms with Crippen molar-refractivity contribution in [2.45, 2.75) is 18.0 Å². The molecule has 0 bridgehead atoms. The normalized spacial score (nSPS) is 10.9. The number of nitrogens with zero attached hydrogens (tertiary/aromatic N) is 3. The number of fused-ring (bicyclic) bond motifs is 1. The van der Waals surface area contributed by atoms with Gasteiger partial charge in [0.15, 0.2) is 11.5 Å². The van der Waals surface area contributed by atoms with Gasteiger partial charge in [-0.1, -0.05) is 6.07 Å². The van der Waals surface area contributed by atoms with Crippen LogP contribution in [0.2, 0.25) is 0 Å². The van der Waals surface area contributed by atoms with Crippen molar-refractivity contribution in [2.75, 3.05) is 46.6 Å². The van der Waals surface area contributed by atoms with E-state index in [2.05, 4.69) is 24.3 Å². The molecule has 4 rings (SSSR count). The fourth-order valence-electron chi connectivity index (χ4n) is 4.25. The van der Waals surface area contributed by atoms with Crippen molar-refractivity contribution in [2.24, 2.45) is 0 Å². The number of pyridine rings is 1. The molecule has 2 aromatic heterocycles. The van der Waals surface area contributed by atoms with E-state index in [4.69, 9.17) is 23.6 Å². The minimum Gasteiger partial charge on any atom is -0.493 e. The summed E-state index contributed by atoms with van der Waals surface area (Å²) in [6.07, 6.45) is 3.64. The molecule has 2 aromatic carbocycles. The zero-order valence-corrected chi connectivity index (χ0v) is 22.7. The summed E-state index contributed by atoms with van der Waals surface area (Å²) in [7, 11) is 8.46. The second-order valence-electron chi connectivity index (χ2n) is 8.55. The topological polar surface area (TPSA) is 77.3 Å². The molecule has 37 heavy (non-hydrogen) atoms. The molecule has 1 amide bonds. The molecule has 0 unspecified atom stereocenters. The zero-order valence-electron chi connectivity index (χ0n) is 21.9. The maximum atomic E-state index is 14.0. The number of furan rings is 1. The minimum atomic E-state index is -0.239. The minimum absolute atomic E-state index is 0.239. The van der Waals surface area contributed by atoms with Gasteiger partial charge in [0.25, 0.3) is 5.91 Å². The van der Waals surface area contributed by atoms with E-state index < -0.39 is 0 Å². The van der Waals surface area contributed by atoms with Crippen LogP contribution in [0.15, 0.2) is 64.1 Å². The molecule has 8 nitrogen and oxygen atoms in total. The number of benzene rings is 2. The molecular formula is C28H31N3O5S. The summed E-state index contributed by atoms with van der Waals surface area (Å²) < 4.78 is 22.1. The Kier molecular flexibility index (Phi) is 8.13. The van der Waals surface area contributed by atoms with E-state index in [0.29, 0.717) is 35.1 Å². The molecule has 0 radical (unpaired) electrons. The van der Waals surface area contributed by atoms with Crippen molar-refractivity contribution in [1.29, 1.82) is 0 Å². The van der Waals surface area contributed by atoms with Gasteiger partial charge in [0.1, 0.15) is 11.6 Å². The summed E-state index contributed by atoms with van der Waals surface area (Å²) in [6.45, 7) is 0.567. The van der Waals surface area contributed by atoms with Crippen LogP contribution < -0.4 is 19.1 Å². The molecule has 4 aromatic rings. The molecule has 2 heterocycles. The molecular weight excluding hydrogens is 490 g/mol. The van der Waals surface area contributed by atoms with Crippen LogP contribution in [-0.2, 0) is 13.1 Å². The molecule has 0 aliphatic rings. The highest BCUT2D eigenvalue weighted by molar-refractivity contribution is 7.98. The number of rotatable bonds is 10. The maximum Gasteiger partial charge on any atom is 0.258 e. The molecule has 9 heteroatoms. The highest BCUT2D eigenvalue weighted by atomic mass is 32.2. The van der Waals surface area contributed by atoms with Gasteiger partial charge in [-0.2, -0.15) is 0 Å². The maximum absolute atomic E-state index is 14.0. The SMILES string of the molecule is COc1ccc(C(=O)N(Cc2ccco2)Cc2cc3ccc(SC)cc3nc2N(C)C)c(OC)c1OC. The first-order chi connectivity index (χ1) is 17.9. The van der Waals surface area contributed by atoms with E-state index in [9.17, 15) is 4.79 Å². The fraction of sp³-hybridized carbons (Fsp3) is 0.286. The van der Waals surface area contributed by atoms with Crippen LogP contribution in [-0.4, -0.2) is 57.5 Å². The summed E-state index contributed by atoms with van der Waals surface area (Å²) in [5.74, 6) is 2.37. The molecule has 0 atom stereocenters. The first-order valence-electron chi connectivity index (χ1n) is 11.7. The number of carbonyl (C=O) groups is 1. The van der Waals surface area contributed by atoms with Crippen molar-refractivity contribution >= 4 is 34.4 Å². The van der Waals surface area contributed by atoms with E-state index in [1.165, 1.54) is 14.2 Å². The van der Waals surface area contributed by atoms with Gasteiger partial charge in [-0.25, -0.2) is 4.98 Å². The number of methoxy groups -OCH3 is 3. The van der Waals surface area contributed by atoms with Gasteiger partial charge in [0.05, 0.1) is 51.8 Å². The van der Waals surface area contributed by atoms with Crippen LogP contribution in [0.1, 0.15) is 21.7 Å². The zero-order chi connectivity index (χ0) is 26.5. The number of hydrogen-bond donors (Lipinski definition) is 0. The second-order valence-corrected chi connectivity index (χ2v) is 9.43. The van der Waals surface area contributed by atoms with Crippen LogP contribution >= 0.6 is 11.8 Å². The number of carbonyl (C=O) groups excluding carboxylic acids is 1. The third-order valence-corrected chi connectivity index (χ3v) is 6.74. The van der Waals surface area contributed by atoms with Crippen molar-refractivity contribution in [3.63, 3.8) is 0 Å². The molecule has 0 saturated heterocycles. The molecule has 0 spiro atoms. The van der Waals surface area contributed by atoms with E-state index in [-0.39, 0.29) is 12.5 Å². The van der Waals surface area contributed by atoms with Gasteiger partial charge in [-0.15, -0.1) is 11.8 Å². The van der Waals surface area contributed by atoms with E-state index in [1.807, 2.05) is 31.3 Å². The molecule has 194 valence electrons. The lowest BCUT2D eigenvalue weighted by molar-refractivity contribution is 0.0713. The van der Waals surface area contributed by atoms with Gasteiger partial charge in [0, 0.05) is 29.9 Å². The van der Waals surface area contributed by atoms with Crippen molar-refractivity contribution < 1.29 is 23.4 Å². The first-order valence-corrected chi connectivity index (χ1v) is 12.9. The van der Waals surface area contributed by atoms with Crippen LogP contribution in [0.5, 0.6) is 17.2 Å². The van der Waals surface area contributed by atoms with Gasteiger partial charge in [-0.3, -0.25) is 4.79 Å². The standard InChI is InChI=1S/C28H31N3O5S/c1-30(2)27-19(14-18-9-10-21(37-6)15-23(18)29-27)16-31(17-20-8-7-13-36-20)28(32)22-11-12-24(33-3)26(35-5)25(22)34-4/h7-15H,16-17H2,1-6H3. The van der Waals surface area contributed by atoms with E-state index in [1.54, 1.807) is 48.2 Å². The number of aromatic nitrogens is 1. The summed E-state index contributed by atoms with van der Waals surface area (Å²) >= 11 is 1.68. The fourth-order valence-corrected chi connectivity index (χ4v) is 4.68. The van der Waals surface area contributed by atoms with E-state index in [0.717, 1.165) is 27.2 Å².